The van der Waals surface area contributed by atoms with Gasteiger partial charge in [0.15, 0.2) is 0 Å². The molecule has 1 fully saturated rings. The van der Waals surface area contributed by atoms with Crippen molar-refractivity contribution in [3.05, 3.63) is 29.8 Å². The molecule has 1 aromatic carbocycles. The topological polar surface area (TPSA) is 75.6 Å². The smallest absolute Gasteiger partial charge is 0.303 e. The van der Waals surface area contributed by atoms with Crippen molar-refractivity contribution >= 4 is 17.6 Å². The summed E-state index contributed by atoms with van der Waals surface area (Å²) in [5.74, 6) is -0.294. The van der Waals surface area contributed by atoms with Gasteiger partial charge in [-0.05, 0) is 49.3 Å². The summed E-state index contributed by atoms with van der Waals surface area (Å²) in [4.78, 5) is 23.2. The van der Waals surface area contributed by atoms with E-state index in [-0.39, 0.29) is 18.4 Å². The van der Waals surface area contributed by atoms with Gasteiger partial charge >= 0.3 is 5.97 Å². The molecule has 1 aromatic rings. The fourth-order valence-corrected chi connectivity index (χ4v) is 3.36. The van der Waals surface area contributed by atoms with E-state index >= 15 is 0 Å². The molecule has 1 aliphatic carbocycles. The van der Waals surface area contributed by atoms with Crippen LogP contribution in [-0.2, 0) is 20.7 Å². The minimum atomic E-state index is -0.824. The van der Waals surface area contributed by atoms with Crippen molar-refractivity contribution < 1.29 is 19.4 Å². The number of hydrogen-bond acceptors (Lipinski definition) is 3. The Hall–Kier alpha value is -1.88. The number of carboxylic acid groups (broad SMARTS) is 1. The van der Waals surface area contributed by atoms with E-state index < -0.39 is 12.1 Å². The van der Waals surface area contributed by atoms with Gasteiger partial charge in [0.1, 0.15) is 6.10 Å². The van der Waals surface area contributed by atoms with Crippen molar-refractivity contribution in [2.24, 2.45) is 5.92 Å². The number of carboxylic acids is 1. The Morgan fingerprint density at radius 3 is 2.84 bits per heavy atom. The van der Waals surface area contributed by atoms with Crippen molar-refractivity contribution in [3.8, 4) is 0 Å². The van der Waals surface area contributed by atoms with Crippen LogP contribution in [0.1, 0.15) is 57.9 Å². The molecule has 3 unspecified atom stereocenters. The molecule has 5 nitrogen and oxygen atoms in total. The van der Waals surface area contributed by atoms with E-state index in [0.29, 0.717) is 24.4 Å². The van der Waals surface area contributed by atoms with Gasteiger partial charge in [0.2, 0.25) is 0 Å². The molecular weight excluding hydrogens is 318 g/mol. The molecule has 1 aliphatic rings. The van der Waals surface area contributed by atoms with Crippen LogP contribution in [-0.4, -0.2) is 29.2 Å². The van der Waals surface area contributed by atoms with Crippen molar-refractivity contribution in [2.45, 2.75) is 71.0 Å². The van der Waals surface area contributed by atoms with E-state index in [9.17, 15) is 9.59 Å². The number of aliphatic carboxylic acids is 1. The van der Waals surface area contributed by atoms with E-state index in [1.165, 1.54) is 6.42 Å². The minimum absolute atomic E-state index is 0.0813. The highest BCUT2D eigenvalue weighted by Crippen LogP contribution is 2.27. The van der Waals surface area contributed by atoms with Crippen LogP contribution in [0.15, 0.2) is 24.3 Å². The van der Waals surface area contributed by atoms with Crippen molar-refractivity contribution in [3.63, 3.8) is 0 Å². The molecule has 0 saturated heterocycles. The first-order chi connectivity index (χ1) is 12.0. The summed E-state index contributed by atoms with van der Waals surface area (Å²) in [5, 5.41) is 11.7. The van der Waals surface area contributed by atoms with Crippen LogP contribution in [0.3, 0.4) is 0 Å². The Morgan fingerprint density at radius 2 is 2.16 bits per heavy atom. The number of hydrogen-bond donors (Lipinski definition) is 2. The van der Waals surface area contributed by atoms with Crippen molar-refractivity contribution in [2.75, 3.05) is 5.32 Å². The molecule has 138 valence electrons. The number of rotatable bonds is 8. The highest BCUT2D eigenvalue weighted by Gasteiger charge is 2.25. The van der Waals surface area contributed by atoms with Crippen LogP contribution >= 0.6 is 0 Å². The summed E-state index contributed by atoms with van der Waals surface area (Å²) in [7, 11) is 0. The molecule has 0 aromatic heterocycles. The normalized spacial score (nSPS) is 21.5. The van der Waals surface area contributed by atoms with Gasteiger partial charge in [-0.15, -0.1) is 0 Å². The molecule has 0 bridgehead atoms. The average Bonchev–Trinajstić information content (AvgIpc) is 2.58. The second kappa shape index (κ2) is 9.56. The molecule has 3 atom stereocenters. The van der Waals surface area contributed by atoms with Gasteiger partial charge in [0.05, 0.1) is 6.10 Å². The lowest BCUT2D eigenvalue weighted by Gasteiger charge is -2.29. The maximum atomic E-state index is 12.5. The number of anilines is 1. The largest absolute Gasteiger partial charge is 0.481 e. The van der Waals surface area contributed by atoms with Gasteiger partial charge in [-0.3, -0.25) is 9.59 Å². The molecule has 1 amide bonds. The lowest BCUT2D eigenvalue weighted by Crippen LogP contribution is -2.35. The van der Waals surface area contributed by atoms with Gasteiger partial charge in [-0.2, -0.15) is 0 Å². The first-order valence-electron chi connectivity index (χ1n) is 9.25. The zero-order chi connectivity index (χ0) is 18.2. The van der Waals surface area contributed by atoms with Crippen LogP contribution in [0.4, 0.5) is 5.69 Å². The van der Waals surface area contributed by atoms with Crippen molar-refractivity contribution in [1.82, 2.24) is 0 Å². The van der Waals surface area contributed by atoms with Crippen LogP contribution in [0.2, 0.25) is 0 Å². The zero-order valence-electron chi connectivity index (χ0n) is 15.2. The molecular formula is C20H29NO4. The molecule has 2 N–H and O–H groups in total. The first kappa shape index (κ1) is 19.4. The summed E-state index contributed by atoms with van der Waals surface area (Å²) in [6.45, 7) is 4.19. The Kier molecular flexibility index (Phi) is 7.44. The number of ether oxygens (including phenoxy) is 1. The number of amides is 1. The van der Waals surface area contributed by atoms with E-state index in [2.05, 4.69) is 12.2 Å². The number of aryl methyl sites for hydroxylation is 1. The Balaban J connectivity index is 1.92. The van der Waals surface area contributed by atoms with Crippen LogP contribution in [0.25, 0.3) is 0 Å². The molecule has 2 rings (SSSR count). The lowest BCUT2D eigenvalue weighted by molar-refractivity contribution is -0.137. The maximum absolute atomic E-state index is 12.5. The molecule has 1 saturated carbocycles. The average molecular weight is 347 g/mol. The lowest BCUT2D eigenvalue weighted by atomic mass is 9.88. The third kappa shape index (κ3) is 6.50. The summed E-state index contributed by atoms with van der Waals surface area (Å²) >= 11 is 0. The predicted molar refractivity (Wildman–Crippen MR) is 97.6 cm³/mol. The maximum Gasteiger partial charge on any atom is 0.303 e. The second-order valence-corrected chi connectivity index (χ2v) is 7.01. The Morgan fingerprint density at radius 1 is 1.36 bits per heavy atom. The Labute approximate surface area is 149 Å². The quantitative estimate of drug-likeness (QED) is 0.745. The summed E-state index contributed by atoms with van der Waals surface area (Å²) in [6, 6.07) is 7.35. The molecule has 5 heteroatoms. The van der Waals surface area contributed by atoms with Crippen molar-refractivity contribution in [1.29, 1.82) is 0 Å². The number of carbonyl (C=O) groups is 2. The van der Waals surface area contributed by atoms with Gasteiger partial charge in [0.25, 0.3) is 5.91 Å². The number of benzene rings is 1. The molecule has 0 radical (unpaired) electrons. The standard InChI is InChI=1S/C20H29NO4/c1-3-18(25-17-9-4-6-14(2)12-17)20(24)21-16-8-5-7-15(13-16)10-11-19(22)23/h5,7-8,13-14,17-18H,3-4,6,9-12H2,1-2H3,(H,21,24)(H,22,23). The summed E-state index contributed by atoms with van der Waals surface area (Å²) in [5.41, 5.74) is 1.59. The fourth-order valence-electron chi connectivity index (χ4n) is 3.36. The minimum Gasteiger partial charge on any atom is -0.481 e. The third-order valence-corrected chi connectivity index (χ3v) is 4.73. The molecule has 0 spiro atoms. The first-order valence-corrected chi connectivity index (χ1v) is 9.25. The predicted octanol–water partition coefficient (Wildman–Crippen LogP) is 4.02. The second-order valence-electron chi connectivity index (χ2n) is 7.01. The van der Waals surface area contributed by atoms with Gasteiger partial charge in [-0.25, -0.2) is 0 Å². The van der Waals surface area contributed by atoms with Crippen LogP contribution < -0.4 is 5.32 Å². The van der Waals surface area contributed by atoms with E-state index in [1.54, 1.807) is 0 Å². The zero-order valence-corrected chi connectivity index (χ0v) is 15.2. The van der Waals surface area contributed by atoms with E-state index in [0.717, 1.165) is 24.8 Å². The van der Waals surface area contributed by atoms with Gasteiger partial charge < -0.3 is 15.2 Å². The Bertz CT molecular complexity index is 587. The third-order valence-electron chi connectivity index (χ3n) is 4.73. The summed E-state index contributed by atoms with van der Waals surface area (Å²) < 4.78 is 6.06. The highest BCUT2D eigenvalue weighted by molar-refractivity contribution is 5.94. The summed E-state index contributed by atoms with van der Waals surface area (Å²) in [6.07, 6.45) is 5.34. The van der Waals surface area contributed by atoms with E-state index in [4.69, 9.17) is 9.84 Å². The monoisotopic (exact) mass is 347 g/mol. The number of carbonyl (C=O) groups excluding carboxylic acids is 1. The highest BCUT2D eigenvalue weighted by atomic mass is 16.5. The molecule has 0 heterocycles. The van der Waals surface area contributed by atoms with Crippen LogP contribution in [0, 0.1) is 5.92 Å². The van der Waals surface area contributed by atoms with Gasteiger partial charge in [0, 0.05) is 12.1 Å². The van der Waals surface area contributed by atoms with E-state index in [1.807, 2.05) is 31.2 Å². The van der Waals surface area contributed by atoms with Gasteiger partial charge in [-0.1, -0.05) is 38.8 Å². The molecule has 25 heavy (non-hydrogen) atoms. The number of nitrogens with one attached hydrogen (secondary N) is 1. The fraction of sp³-hybridized carbons (Fsp3) is 0.600. The van der Waals surface area contributed by atoms with Crippen LogP contribution in [0.5, 0.6) is 0 Å². The SMILES string of the molecule is CCC(OC1CCCC(C)C1)C(=O)Nc1cccc(CCC(=O)O)c1. The molecule has 0 aliphatic heterocycles.